The Hall–Kier alpha value is -2.13. The third-order valence-electron chi connectivity index (χ3n) is 6.07. The molecule has 1 aromatic carbocycles. The first-order chi connectivity index (χ1) is 12.5. The number of benzene rings is 1. The predicted molar refractivity (Wildman–Crippen MR) is 106 cm³/mol. The molecule has 3 rings (SSSR count). The molecule has 0 aromatic heterocycles. The topological polar surface area (TPSA) is 40.5 Å². The maximum atomic E-state index is 12.7. The van der Waals surface area contributed by atoms with Crippen LogP contribution in [-0.4, -0.2) is 34.9 Å². The summed E-state index contributed by atoms with van der Waals surface area (Å²) in [6.45, 7) is 11.7. The zero-order chi connectivity index (χ0) is 18.7. The molecule has 3 nitrogen and oxygen atoms in total. The average molecular weight is 351 g/mol. The molecular weight excluding hydrogens is 322 g/mol. The number of carbonyl (C=O) groups is 1. The Balaban J connectivity index is 1.56. The molecule has 0 radical (unpaired) electrons. The van der Waals surface area contributed by atoms with Crippen molar-refractivity contribution in [2.24, 2.45) is 17.8 Å². The van der Waals surface area contributed by atoms with Gasteiger partial charge < -0.3 is 5.11 Å². The minimum atomic E-state index is -0.104. The number of aromatic hydroxyl groups is 1. The minimum absolute atomic E-state index is 0.104. The van der Waals surface area contributed by atoms with Gasteiger partial charge in [0.2, 0.25) is 0 Å². The monoisotopic (exact) mass is 351 g/mol. The Bertz CT molecular complexity index is 689. The molecule has 1 aliphatic heterocycles. The fraction of sp³-hybridized carbons (Fsp3) is 0.435. The molecule has 1 aromatic rings. The van der Waals surface area contributed by atoms with Crippen LogP contribution in [-0.2, 0) is 0 Å². The third kappa shape index (κ3) is 3.99. The van der Waals surface area contributed by atoms with Crippen molar-refractivity contribution in [1.82, 2.24) is 4.90 Å². The van der Waals surface area contributed by atoms with E-state index >= 15 is 0 Å². The van der Waals surface area contributed by atoms with Gasteiger partial charge in [-0.25, -0.2) is 0 Å². The van der Waals surface area contributed by atoms with Gasteiger partial charge in [0.25, 0.3) is 0 Å². The van der Waals surface area contributed by atoms with Gasteiger partial charge in [0.05, 0.1) is 6.04 Å². The summed E-state index contributed by atoms with van der Waals surface area (Å²) < 4.78 is 0. The number of phenolic OH excluding ortho intramolecular Hbond substituents is 1. The van der Waals surface area contributed by atoms with Gasteiger partial charge in [-0.15, -0.1) is 0 Å². The van der Waals surface area contributed by atoms with E-state index in [1.54, 1.807) is 24.3 Å². The second kappa shape index (κ2) is 8.05. The quantitative estimate of drug-likeness (QED) is 0.576. The van der Waals surface area contributed by atoms with Crippen molar-refractivity contribution in [3.8, 4) is 5.75 Å². The van der Waals surface area contributed by atoms with Crippen molar-refractivity contribution in [2.75, 3.05) is 13.1 Å². The van der Waals surface area contributed by atoms with Crippen LogP contribution in [0.5, 0.6) is 5.75 Å². The molecule has 1 heterocycles. The van der Waals surface area contributed by atoms with Crippen LogP contribution in [0.1, 0.15) is 36.5 Å². The zero-order valence-electron chi connectivity index (χ0n) is 15.6. The molecular formula is C23H29NO2. The predicted octanol–water partition coefficient (Wildman–Crippen LogP) is 4.61. The number of hydrogen-bond donors (Lipinski definition) is 1. The lowest BCUT2D eigenvalue weighted by Crippen LogP contribution is -2.38. The lowest BCUT2D eigenvalue weighted by molar-refractivity contribution is 0.0856. The van der Waals surface area contributed by atoms with Crippen LogP contribution < -0.4 is 0 Å². The number of ketones is 1. The summed E-state index contributed by atoms with van der Waals surface area (Å²) in [6, 6.07) is 6.48. The van der Waals surface area contributed by atoms with Gasteiger partial charge in [0, 0.05) is 18.7 Å². The standard InChI is InChI=1S/C23H29NO2/c1-4-6-17(5-2)11-18-12-20-14-24(15-21(20)13-18)16(3)23(26)19-7-9-22(25)10-8-19/h4-10,16,18,20-21,25H,1-2,11-15H2,3H3/b17-6+/t16?,18?,20-,21+. The fourth-order valence-corrected chi connectivity index (χ4v) is 4.68. The van der Waals surface area contributed by atoms with E-state index in [1.807, 2.05) is 19.1 Å². The number of rotatable bonds is 7. The summed E-state index contributed by atoms with van der Waals surface area (Å²) in [4.78, 5) is 15.1. The normalized spacial score (nSPS) is 27.1. The van der Waals surface area contributed by atoms with Gasteiger partial charge in [-0.1, -0.05) is 31.4 Å². The van der Waals surface area contributed by atoms with Crippen LogP contribution in [0.15, 0.2) is 61.2 Å². The van der Waals surface area contributed by atoms with Crippen LogP contribution in [0.3, 0.4) is 0 Å². The number of nitrogens with zero attached hydrogens (tertiary/aromatic N) is 1. The number of likely N-dealkylation sites (tertiary alicyclic amines) is 1. The molecule has 2 fully saturated rings. The molecule has 0 bridgehead atoms. The van der Waals surface area contributed by atoms with E-state index in [1.165, 1.54) is 18.4 Å². The van der Waals surface area contributed by atoms with E-state index in [2.05, 4.69) is 24.1 Å². The zero-order valence-corrected chi connectivity index (χ0v) is 15.6. The molecule has 26 heavy (non-hydrogen) atoms. The van der Waals surface area contributed by atoms with Crippen LogP contribution >= 0.6 is 0 Å². The van der Waals surface area contributed by atoms with Gasteiger partial charge in [-0.05, 0) is 73.8 Å². The Morgan fingerprint density at radius 1 is 1.23 bits per heavy atom. The van der Waals surface area contributed by atoms with E-state index in [9.17, 15) is 9.90 Å². The highest BCUT2D eigenvalue weighted by Crippen LogP contribution is 2.44. The van der Waals surface area contributed by atoms with Gasteiger partial charge in [0.15, 0.2) is 5.78 Å². The second-order valence-corrected chi connectivity index (χ2v) is 7.78. The first kappa shape index (κ1) is 18.7. The first-order valence-electron chi connectivity index (χ1n) is 9.53. The maximum Gasteiger partial charge on any atom is 0.179 e. The lowest BCUT2D eigenvalue weighted by atomic mass is 9.95. The highest BCUT2D eigenvalue weighted by molar-refractivity contribution is 5.99. The van der Waals surface area contributed by atoms with E-state index in [-0.39, 0.29) is 17.6 Å². The largest absolute Gasteiger partial charge is 0.508 e. The smallest absolute Gasteiger partial charge is 0.179 e. The SMILES string of the molecule is C=C/C=C(\C=C)CC1C[C@@H]2CN(C(C)C(=O)c3ccc(O)cc3)C[C@@H]2C1. The molecule has 0 amide bonds. The number of hydrogen-bond acceptors (Lipinski definition) is 3. The summed E-state index contributed by atoms with van der Waals surface area (Å²) in [5.41, 5.74) is 1.95. The molecule has 138 valence electrons. The van der Waals surface area contributed by atoms with Crippen LogP contribution in [0.4, 0.5) is 0 Å². The summed E-state index contributed by atoms with van der Waals surface area (Å²) in [5.74, 6) is 2.46. The van der Waals surface area contributed by atoms with Crippen molar-refractivity contribution in [3.05, 3.63) is 66.8 Å². The average Bonchev–Trinajstić information content (AvgIpc) is 3.19. The molecule has 1 saturated heterocycles. The van der Waals surface area contributed by atoms with Crippen LogP contribution in [0, 0.1) is 17.8 Å². The summed E-state index contributed by atoms with van der Waals surface area (Å²) in [6.07, 6.45) is 9.41. The van der Waals surface area contributed by atoms with Crippen molar-refractivity contribution < 1.29 is 9.90 Å². The Labute approximate surface area is 156 Å². The summed E-state index contributed by atoms with van der Waals surface area (Å²) >= 11 is 0. The van der Waals surface area contributed by atoms with Crippen LogP contribution in [0.25, 0.3) is 0 Å². The lowest BCUT2D eigenvalue weighted by Gasteiger charge is -2.25. The minimum Gasteiger partial charge on any atom is -0.508 e. The molecule has 2 aliphatic rings. The molecule has 1 N–H and O–H groups in total. The number of fused-ring (bicyclic) bond motifs is 1. The van der Waals surface area contributed by atoms with Gasteiger partial charge >= 0.3 is 0 Å². The molecule has 1 saturated carbocycles. The Morgan fingerprint density at radius 2 is 1.85 bits per heavy atom. The second-order valence-electron chi connectivity index (χ2n) is 7.78. The number of carbonyl (C=O) groups excluding carboxylic acids is 1. The van der Waals surface area contributed by atoms with Crippen molar-refractivity contribution in [1.29, 1.82) is 0 Å². The van der Waals surface area contributed by atoms with Gasteiger partial charge in [-0.3, -0.25) is 9.69 Å². The first-order valence-corrected chi connectivity index (χ1v) is 9.53. The summed E-state index contributed by atoms with van der Waals surface area (Å²) in [5, 5.41) is 9.40. The van der Waals surface area contributed by atoms with Gasteiger partial charge in [0.1, 0.15) is 5.75 Å². The van der Waals surface area contributed by atoms with E-state index < -0.39 is 0 Å². The Morgan fingerprint density at radius 3 is 2.38 bits per heavy atom. The summed E-state index contributed by atoms with van der Waals surface area (Å²) in [7, 11) is 0. The molecule has 1 aliphatic carbocycles. The number of allylic oxidation sites excluding steroid dienone is 4. The van der Waals surface area contributed by atoms with Crippen molar-refractivity contribution in [2.45, 2.75) is 32.2 Å². The van der Waals surface area contributed by atoms with Crippen LogP contribution in [0.2, 0.25) is 0 Å². The van der Waals surface area contributed by atoms with E-state index in [4.69, 9.17) is 0 Å². The van der Waals surface area contributed by atoms with Gasteiger partial charge in [-0.2, -0.15) is 0 Å². The fourth-order valence-electron chi connectivity index (χ4n) is 4.68. The molecule has 4 atom stereocenters. The Kier molecular flexibility index (Phi) is 5.77. The highest BCUT2D eigenvalue weighted by Gasteiger charge is 2.42. The maximum absolute atomic E-state index is 12.7. The molecule has 0 spiro atoms. The van der Waals surface area contributed by atoms with E-state index in [0.29, 0.717) is 17.4 Å². The number of Topliss-reactive ketones (excluding diaryl/α,β-unsaturated/α-hetero) is 1. The highest BCUT2D eigenvalue weighted by atomic mass is 16.3. The number of phenols is 1. The molecule has 3 heteroatoms. The van der Waals surface area contributed by atoms with Crippen molar-refractivity contribution in [3.63, 3.8) is 0 Å². The third-order valence-corrected chi connectivity index (χ3v) is 6.07. The van der Waals surface area contributed by atoms with E-state index in [0.717, 1.165) is 25.4 Å². The van der Waals surface area contributed by atoms with Crippen molar-refractivity contribution >= 4 is 5.78 Å². The molecule has 2 unspecified atom stereocenters.